The standard InChI is InChI=1S/C18H21FN2OS/c19-15-6-3-5-14(11-15)17-8-1-2-9-21(17)13-18(22)20-12-16-7-4-10-23-16/h3-7,10-11,17H,1-2,8-9,12-13H2,(H,20,22). The first-order chi connectivity index (χ1) is 11.2. The van der Waals surface area contributed by atoms with E-state index in [1.807, 2.05) is 23.6 Å². The molecule has 0 bridgehead atoms. The Morgan fingerprint density at radius 3 is 3.00 bits per heavy atom. The van der Waals surface area contributed by atoms with Gasteiger partial charge in [-0.05, 0) is 48.5 Å². The molecule has 122 valence electrons. The number of thiophene rings is 1. The molecule has 2 aromatic rings. The lowest BCUT2D eigenvalue weighted by Gasteiger charge is -2.35. The molecule has 1 aromatic heterocycles. The van der Waals surface area contributed by atoms with E-state index in [0.717, 1.165) is 36.2 Å². The normalized spacial score (nSPS) is 18.7. The first kappa shape index (κ1) is 16.1. The van der Waals surface area contributed by atoms with E-state index in [-0.39, 0.29) is 17.8 Å². The Morgan fingerprint density at radius 2 is 2.22 bits per heavy atom. The number of piperidine rings is 1. The van der Waals surface area contributed by atoms with Gasteiger partial charge in [0, 0.05) is 10.9 Å². The molecular formula is C18H21FN2OS. The Morgan fingerprint density at radius 1 is 1.30 bits per heavy atom. The number of rotatable bonds is 5. The van der Waals surface area contributed by atoms with Crippen molar-refractivity contribution >= 4 is 17.2 Å². The van der Waals surface area contributed by atoms with Crippen LogP contribution >= 0.6 is 11.3 Å². The second-order valence-electron chi connectivity index (χ2n) is 5.89. The predicted octanol–water partition coefficient (Wildman–Crippen LogP) is 3.73. The van der Waals surface area contributed by atoms with E-state index in [0.29, 0.717) is 13.1 Å². The summed E-state index contributed by atoms with van der Waals surface area (Å²) in [6.07, 6.45) is 3.18. The number of carbonyl (C=O) groups excluding carboxylic acids is 1. The molecule has 3 rings (SSSR count). The molecule has 1 aliphatic heterocycles. The number of halogens is 1. The number of nitrogens with one attached hydrogen (secondary N) is 1. The Hall–Kier alpha value is -1.72. The summed E-state index contributed by atoms with van der Waals surface area (Å²) in [5.74, 6) is -0.183. The van der Waals surface area contributed by atoms with Gasteiger partial charge < -0.3 is 5.32 Å². The third kappa shape index (κ3) is 4.39. The Balaban J connectivity index is 1.61. The third-order valence-electron chi connectivity index (χ3n) is 4.23. The number of benzene rings is 1. The van der Waals surface area contributed by atoms with Crippen molar-refractivity contribution in [1.82, 2.24) is 10.2 Å². The summed E-state index contributed by atoms with van der Waals surface area (Å²) >= 11 is 1.64. The van der Waals surface area contributed by atoms with E-state index >= 15 is 0 Å². The average molecular weight is 332 g/mol. The van der Waals surface area contributed by atoms with Crippen LogP contribution in [-0.4, -0.2) is 23.9 Å². The maximum Gasteiger partial charge on any atom is 0.234 e. The number of likely N-dealkylation sites (tertiary alicyclic amines) is 1. The maximum atomic E-state index is 13.5. The molecule has 1 saturated heterocycles. The summed E-state index contributed by atoms with van der Waals surface area (Å²) < 4.78 is 13.5. The van der Waals surface area contributed by atoms with Crippen molar-refractivity contribution in [3.63, 3.8) is 0 Å². The summed E-state index contributed by atoms with van der Waals surface area (Å²) in [5.41, 5.74) is 0.968. The predicted molar refractivity (Wildman–Crippen MR) is 90.7 cm³/mol. The highest BCUT2D eigenvalue weighted by atomic mass is 32.1. The molecule has 1 N–H and O–H groups in total. The monoisotopic (exact) mass is 332 g/mol. The molecule has 5 heteroatoms. The number of nitrogens with zero attached hydrogens (tertiary/aromatic N) is 1. The highest BCUT2D eigenvalue weighted by Gasteiger charge is 2.25. The first-order valence-electron chi connectivity index (χ1n) is 8.01. The van der Waals surface area contributed by atoms with Crippen LogP contribution in [0.3, 0.4) is 0 Å². The van der Waals surface area contributed by atoms with E-state index in [9.17, 15) is 9.18 Å². The van der Waals surface area contributed by atoms with Crippen LogP contribution in [0.5, 0.6) is 0 Å². The van der Waals surface area contributed by atoms with Crippen LogP contribution in [-0.2, 0) is 11.3 Å². The lowest BCUT2D eigenvalue weighted by atomic mass is 9.95. The van der Waals surface area contributed by atoms with Gasteiger partial charge in [0.15, 0.2) is 0 Å². The zero-order chi connectivity index (χ0) is 16.1. The van der Waals surface area contributed by atoms with Crippen molar-refractivity contribution in [2.24, 2.45) is 0 Å². The van der Waals surface area contributed by atoms with Crippen molar-refractivity contribution in [3.8, 4) is 0 Å². The van der Waals surface area contributed by atoms with Crippen molar-refractivity contribution in [2.45, 2.75) is 31.8 Å². The van der Waals surface area contributed by atoms with Crippen LogP contribution in [0.1, 0.15) is 35.7 Å². The zero-order valence-corrected chi connectivity index (χ0v) is 13.8. The Kier molecular flexibility index (Phi) is 5.41. The summed E-state index contributed by atoms with van der Waals surface area (Å²) in [4.78, 5) is 15.5. The van der Waals surface area contributed by atoms with Gasteiger partial charge in [-0.3, -0.25) is 9.69 Å². The molecular weight excluding hydrogens is 311 g/mol. The van der Waals surface area contributed by atoms with Gasteiger partial charge in [0.2, 0.25) is 5.91 Å². The average Bonchev–Trinajstić information content (AvgIpc) is 3.07. The molecule has 0 spiro atoms. The number of hydrogen-bond acceptors (Lipinski definition) is 3. The highest BCUT2D eigenvalue weighted by molar-refractivity contribution is 7.09. The molecule has 1 atom stereocenters. The van der Waals surface area contributed by atoms with Crippen LogP contribution in [0, 0.1) is 5.82 Å². The lowest BCUT2D eigenvalue weighted by molar-refractivity contribution is -0.123. The zero-order valence-electron chi connectivity index (χ0n) is 13.0. The van der Waals surface area contributed by atoms with E-state index in [1.165, 1.54) is 6.07 Å². The molecule has 23 heavy (non-hydrogen) atoms. The molecule has 1 aliphatic rings. The fourth-order valence-corrected chi connectivity index (χ4v) is 3.76. The second kappa shape index (κ2) is 7.70. The van der Waals surface area contributed by atoms with Gasteiger partial charge in [-0.25, -0.2) is 4.39 Å². The van der Waals surface area contributed by atoms with Crippen LogP contribution in [0.2, 0.25) is 0 Å². The van der Waals surface area contributed by atoms with Gasteiger partial charge in [-0.1, -0.05) is 24.6 Å². The summed E-state index contributed by atoms with van der Waals surface area (Å²) in [7, 11) is 0. The minimum atomic E-state index is -0.213. The van der Waals surface area contributed by atoms with E-state index in [1.54, 1.807) is 23.5 Å². The number of amides is 1. The van der Waals surface area contributed by atoms with Gasteiger partial charge in [0.05, 0.1) is 13.1 Å². The molecule has 1 unspecified atom stereocenters. The van der Waals surface area contributed by atoms with E-state index in [4.69, 9.17) is 0 Å². The van der Waals surface area contributed by atoms with Gasteiger partial charge in [-0.2, -0.15) is 0 Å². The number of carbonyl (C=O) groups is 1. The second-order valence-corrected chi connectivity index (χ2v) is 6.93. The first-order valence-corrected chi connectivity index (χ1v) is 8.89. The molecule has 0 radical (unpaired) electrons. The quantitative estimate of drug-likeness (QED) is 0.905. The lowest BCUT2D eigenvalue weighted by Crippen LogP contribution is -2.41. The minimum absolute atomic E-state index is 0.0294. The van der Waals surface area contributed by atoms with E-state index < -0.39 is 0 Å². The third-order valence-corrected chi connectivity index (χ3v) is 5.11. The molecule has 0 aliphatic carbocycles. The largest absolute Gasteiger partial charge is 0.350 e. The van der Waals surface area contributed by atoms with Crippen molar-refractivity contribution in [1.29, 1.82) is 0 Å². The van der Waals surface area contributed by atoms with Crippen LogP contribution in [0.25, 0.3) is 0 Å². The summed E-state index contributed by atoms with van der Waals surface area (Å²) in [5, 5.41) is 4.98. The topological polar surface area (TPSA) is 32.3 Å². The van der Waals surface area contributed by atoms with E-state index in [2.05, 4.69) is 10.2 Å². The molecule has 1 fully saturated rings. The fraction of sp³-hybridized carbons (Fsp3) is 0.389. The molecule has 1 aromatic carbocycles. The summed E-state index contributed by atoms with van der Waals surface area (Å²) in [6.45, 7) is 1.83. The van der Waals surface area contributed by atoms with Gasteiger partial charge in [0.1, 0.15) is 5.82 Å². The maximum absolute atomic E-state index is 13.5. The smallest absolute Gasteiger partial charge is 0.234 e. The Labute approximate surface area is 140 Å². The fourth-order valence-electron chi connectivity index (χ4n) is 3.11. The molecule has 0 saturated carbocycles. The Bertz CT molecular complexity index is 644. The van der Waals surface area contributed by atoms with Crippen LogP contribution < -0.4 is 5.32 Å². The SMILES string of the molecule is O=C(CN1CCCCC1c1cccc(F)c1)NCc1cccs1. The molecule has 3 nitrogen and oxygen atoms in total. The number of hydrogen-bond donors (Lipinski definition) is 1. The van der Waals surface area contributed by atoms with Crippen LogP contribution in [0.15, 0.2) is 41.8 Å². The molecule has 1 amide bonds. The summed E-state index contributed by atoms with van der Waals surface area (Å²) in [6, 6.07) is 10.9. The van der Waals surface area contributed by atoms with Crippen molar-refractivity contribution in [3.05, 3.63) is 58.0 Å². The minimum Gasteiger partial charge on any atom is -0.350 e. The van der Waals surface area contributed by atoms with Gasteiger partial charge in [0.25, 0.3) is 0 Å². The van der Waals surface area contributed by atoms with Gasteiger partial charge >= 0.3 is 0 Å². The molecule has 2 heterocycles. The van der Waals surface area contributed by atoms with Crippen molar-refractivity contribution < 1.29 is 9.18 Å². The van der Waals surface area contributed by atoms with Crippen molar-refractivity contribution in [2.75, 3.05) is 13.1 Å². The van der Waals surface area contributed by atoms with Gasteiger partial charge in [-0.15, -0.1) is 11.3 Å². The highest BCUT2D eigenvalue weighted by Crippen LogP contribution is 2.30. The van der Waals surface area contributed by atoms with Crippen LogP contribution in [0.4, 0.5) is 4.39 Å².